The van der Waals surface area contributed by atoms with E-state index in [1.807, 2.05) is 12.1 Å². The standard InChI is InChI=1S/C13H16BrN3O2S/c1-10-15-13(9-17(10)2)20(18,19)16-12-5-3-11(4-6-12)7-8-14/h3-6,9,16H,7-8H2,1-2H3. The smallest absolute Gasteiger partial charge is 0.280 e. The molecule has 2 aromatic rings. The molecule has 7 heteroatoms. The van der Waals surface area contributed by atoms with E-state index in [1.165, 1.54) is 6.20 Å². The fraction of sp³-hybridized carbons (Fsp3) is 0.308. The van der Waals surface area contributed by atoms with Crippen LogP contribution >= 0.6 is 15.9 Å². The average Bonchev–Trinajstić information content (AvgIpc) is 2.73. The van der Waals surface area contributed by atoms with Gasteiger partial charge in [-0.1, -0.05) is 28.1 Å². The summed E-state index contributed by atoms with van der Waals surface area (Å²) < 4.78 is 28.6. The molecule has 5 nitrogen and oxygen atoms in total. The zero-order chi connectivity index (χ0) is 14.8. The molecule has 20 heavy (non-hydrogen) atoms. The van der Waals surface area contributed by atoms with Crippen molar-refractivity contribution in [1.29, 1.82) is 0 Å². The summed E-state index contributed by atoms with van der Waals surface area (Å²) in [5.74, 6) is 0.651. The Bertz CT molecular complexity index is 673. The second kappa shape index (κ2) is 5.97. The highest BCUT2D eigenvalue weighted by atomic mass is 79.9. The number of anilines is 1. The Kier molecular flexibility index (Phi) is 4.49. The summed E-state index contributed by atoms with van der Waals surface area (Å²) >= 11 is 3.37. The van der Waals surface area contributed by atoms with Gasteiger partial charge >= 0.3 is 0 Å². The van der Waals surface area contributed by atoms with E-state index in [4.69, 9.17) is 0 Å². The first-order valence-electron chi connectivity index (χ1n) is 6.10. The van der Waals surface area contributed by atoms with E-state index >= 15 is 0 Å². The van der Waals surface area contributed by atoms with Crippen LogP contribution in [-0.4, -0.2) is 23.3 Å². The number of hydrogen-bond acceptors (Lipinski definition) is 3. The molecule has 0 atom stereocenters. The number of sulfonamides is 1. The monoisotopic (exact) mass is 357 g/mol. The SMILES string of the molecule is Cc1nc(S(=O)(=O)Nc2ccc(CCBr)cc2)cn1C. The molecule has 0 aliphatic rings. The van der Waals surface area contributed by atoms with Crippen LogP contribution in [0.15, 0.2) is 35.5 Å². The molecule has 0 saturated carbocycles. The van der Waals surface area contributed by atoms with Crippen LogP contribution in [-0.2, 0) is 23.5 Å². The first kappa shape index (κ1) is 15.1. The van der Waals surface area contributed by atoms with E-state index in [0.29, 0.717) is 11.5 Å². The third-order valence-electron chi connectivity index (χ3n) is 2.95. The lowest BCUT2D eigenvalue weighted by Crippen LogP contribution is -2.13. The van der Waals surface area contributed by atoms with E-state index in [2.05, 4.69) is 25.6 Å². The predicted octanol–water partition coefficient (Wildman–Crippen LogP) is 2.47. The molecule has 0 spiro atoms. The Balaban J connectivity index is 2.19. The number of rotatable bonds is 5. The second-order valence-electron chi connectivity index (χ2n) is 4.48. The van der Waals surface area contributed by atoms with Crippen LogP contribution in [0.5, 0.6) is 0 Å². The van der Waals surface area contributed by atoms with E-state index < -0.39 is 10.0 Å². The predicted molar refractivity (Wildman–Crippen MR) is 82.7 cm³/mol. The Labute approximate surface area is 127 Å². The largest absolute Gasteiger partial charge is 0.337 e. The van der Waals surface area contributed by atoms with Crippen LogP contribution in [0.4, 0.5) is 5.69 Å². The quantitative estimate of drug-likeness (QED) is 0.836. The van der Waals surface area contributed by atoms with Crippen LogP contribution in [0.2, 0.25) is 0 Å². The molecule has 1 N–H and O–H groups in total. The molecule has 1 aromatic heterocycles. The van der Waals surface area contributed by atoms with E-state index in [0.717, 1.165) is 17.3 Å². The molecule has 2 rings (SSSR count). The lowest BCUT2D eigenvalue weighted by molar-refractivity contribution is 0.598. The number of aryl methyl sites for hydroxylation is 3. The minimum atomic E-state index is -3.63. The molecule has 0 aliphatic heterocycles. The van der Waals surface area contributed by atoms with Crippen molar-refractivity contribution >= 4 is 31.6 Å². The minimum Gasteiger partial charge on any atom is -0.337 e. The Morgan fingerprint density at radius 2 is 1.95 bits per heavy atom. The lowest BCUT2D eigenvalue weighted by Gasteiger charge is -2.06. The van der Waals surface area contributed by atoms with Gasteiger partial charge in [0.15, 0.2) is 5.03 Å². The Morgan fingerprint density at radius 1 is 1.30 bits per heavy atom. The maximum atomic E-state index is 12.2. The molecular weight excluding hydrogens is 342 g/mol. The van der Waals surface area contributed by atoms with Crippen molar-refractivity contribution in [3.05, 3.63) is 41.9 Å². The van der Waals surface area contributed by atoms with Gasteiger partial charge in [0.25, 0.3) is 10.0 Å². The van der Waals surface area contributed by atoms with Crippen LogP contribution in [0.3, 0.4) is 0 Å². The van der Waals surface area contributed by atoms with Gasteiger partial charge in [-0.05, 0) is 31.0 Å². The van der Waals surface area contributed by atoms with Crippen LogP contribution in [0, 0.1) is 6.92 Å². The summed E-state index contributed by atoms with van der Waals surface area (Å²) in [6.45, 7) is 1.76. The maximum Gasteiger partial charge on any atom is 0.280 e. The maximum absolute atomic E-state index is 12.2. The number of hydrogen-bond donors (Lipinski definition) is 1. The summed E-state index contributed by atoms with van der Waals surface area (Å²) in [5, 5.41) is 0.910. The number of aromatic nitrogens is 2. The van der Waals surface area contributed by atoms with Gasteiger partial charge in [-0.3, -0.25) is 4.72 Å². The first-order valence-corrected chi connectivity index (χ1v) is 8.70. The molecule has 0 radical (unpaired) electrons. The average molecular weight is 358 g/mol. The summed E-state index contributed by atoms with van der Waals surface area (Å²) in [6.07, 6.45) is 2.41. The van der Waals surface area contributed by atoms with Crippen LogP contribution < -0.4 is 4.72 Å². The normalized spacial score (nSPS) is 11.6. The summed E-state index contributed by atoms with van der Waals surface area (Å²) in [6, 6.07) is 7.32. The summed E-state index contributed by atoms with van der Waals surface area (Å²) in [4.78, 5) is 4.03. The fourth-order valence-corrected chi connectivity index (χ4v) is 3.27. The van der Waals surface area contributed by atoms with Crippen molar-refractivity contribution in [3.63, 3.8) is 0 Å². The highest BCUT2D eigenvalue weighted by Gasteiger charge is 2.18. The summed E-state index contributed by atoms with van der Waals surface area (Å²) in [5.41, 5.74) is 1.69. The first-order chi connectivity index (χ1) is 9.42. The lowest BCUT2D eigenvalue weighted by atomic mass is 10.2. The number of nitrogens with zero attached hydrogens (tertiary/aromatic N) is 2. The number of imidazole rings is 1. The number of benzene rings is 1. The molecule has 108 valence electrons. The van der Waals surface area contributed by atoms with Crippen molar-refractivity contribution in [1.82, 2.24) is 9.55 Å². The van der Waals surface area contributed by atoms with Gasteiger partial charge < -0.3 is 4.57 Å². The third-order valence-corrected chi connectivity index (χ3v) is 4.60. The Hall–Kier alpha value is -1.34. The zero-order valence-electron chi connectivity index (χ0n) is 11.3. The molecule has 0 saturated heterocycles. The topological polar surface area (TPSA) is 64.0 Å². The van der Waals surface area contributed by atoms with Crippen LogP contribution in [0.1, 0.15) is 11.4 Å². The minimum absolute atomic E-state index is 0.0297. The van der Waals surface area contributed by atoms with Crippen LogP contribution in [0.25, 0.3) is 0 Å². The molecule has 0 bridgehead atoms. The van der Waals surface area contributed by atoms with Gasteiger partial charge in [-0.2, -0.15) is 8.42 Å². The number of alkyl halides is 1. The molecule has 1 heterocycles. The van der Waals surface area contributed by atoms with Crippen molar-refractivity contribution < 1.29 is 8.42 Å². The fourth-order valence-electron chi connectivity index (χ4n) is 1.71. The number of halogens is 1. The second-order valence-corrected chi connectivity index (χ2v) is 6.90. The van der Waals surface area contributed by atoms with E-state index in [1.54, 1.807) is 30.7 Å². The van der Waals surface area contributed by atoms with Crippen molar-refractivity contribution in [3.8, 4) is 0 Å². The van der Waals surface area contributed by atoms with E-state index in [9.17, 15) is 8.42 Å². The van der Waals surface area contributed by atoms with Gasteiger partial charge in [0.05, 0.1) is 0 Å². The van der Waals surface area contributed by atoms with Gasteiger partial charge in [0.1, 0.15) is 5.82 Å². The summed E-state index contributed by atoms with van der Waals surface area (Å²) in [7, 11) is -1.87. The highest BCUT2D eigenvalue weighted by molar-refractivity contribution is 9.09. The number of nitrogens with one attached hydrogen (secondary N) is 1. The van der Waals surface area contributed by atoms with Gasteiger partial charge in [-0.25, -0.2) is 4.98 Å². The third kappa shape index (κ3) is 3.40. The Morgan fingerprint density at radius 3 is 2.45 bits per heavy atom. The molecule has 0 amide bonds. The molecular formula is C13H16BrN3O2S. The van der Waals surface area contributed by atoms with E-state index in [-0.39, 0.29) is 5.03 Å². The molecule has 0 fully saturated rings. The zero-order valence-corrected chi connectivity index (χ0v) is 13.7. The molecule has 0 unspecified atom stereocenters. The van der Waals surface area contributed by atoms with Gasteiger partial charge in [0, 0.05) is 24.3 Å². The van der Waals surface area contributed by atoms with Gasteiger partial charge in [-0.15, -0.1) is 0 Å². The highest BCUT2D eigenvalue weighted by Crippen LogP contribution is 2.16. The van der Waals surface area contributed by atoms with Gasteiger partial charge in [0.2, 0.25) is 0 Å². The van der Waals surface area contributed by atoms with Crippen molar-refractivity contribution in [2.75, 3.05) is 10.1 Å². The molecule has 0 aliphatic carbocycles. The molecule has 1 aromatic carbocycles. The van der Waals surface area contributed by atoms with Crippen molar-refractivity contribution in [2.24, 2.45) is 7.05 Å². The van der Waals surface area contributed by atoms with Crippen molar-refractivity contribution in [2.45, 2.75) is 18.4 Å².